The zero-order chi connectivity index (χ0) is 12.3. The van der Waals surface area contributed by atoms with Crippen molar-refractivity contribution in [2.45, 2.75) is 6.92 Å². The Kier molecular flexibility index (Phi) is 7.29. The molecule has 0 fully saturated rings. The van der Waals surface area contributed by atoms with Crippen molar-refractivity contribution in [3.63, 3.8) is 0 Å². The van der Waals surface area contributed by atoms with Gasteiger partial charge in [0.1, 0.15) is 0 Å². The summed E-state index contributed by atoms with van der Waals surface area (Å²) in [7, 11) is 2.46. The Labute approximate surface area is 106 Å². The molecule has 0 amide bonds. The van der Waals surface area contributed by atoms with E-state index in [1.165, 1.54) is 10.6 Å². The predicted molar refractivity (Wildman–Crippen MR) is 78.0 cm³/mol. The van der Waals surface area contributed by atoms with Crippen molar-refractivity contribution in [2.24, 2.45) is 0 Å². The average Bonchev–Trinajstić information content (AvgIpc) is 2.41. The highest BCUT2D eigenvalue weighted by Gasteiger charge is 1.92. The number of hydrogen-bond acceptors (Lipinski definition) is 1. The van der Waals surface area contributed by atoms with Crippen molar-refractivity contribution >= 4 is 19.2 Å². The highest BCUT2D eigenvalue weighted by atomic mass is 31.1. The third-order valence-corrected chi connectivity index (χ3v) is 3.37. The molecule has 0 bridgehead atoms. The topological polar surface area (TPSA) is 9.23 Å². The maximum Gasteiger partial charge on any atom is 0.0433 e. The molecule has 1 nitrogen and oxygen atoms in total. The lowest BCUT2D eigenvalue weighted by Gasteiger charge is -2.00. The van der Waals surface area contributed by atoms with Gasteiger partial charge in [-0.1, -0.05) is 69.2 Å². The lowest BCUT2D eigenvalue weighted by Crippen LogP contribution is -2.01. The molecule has 0 unspecified atom stereocenters. The van der Waals surface area contributed by atoms with Crippen molar-refractivity contribution in [1.82, 2.24) is 0 Å². The monoisotopic (exact) mass is 246 g/mol. The van der Waals surface area contributed by atoms with Crippen LogP contribution in [-0.2, 0) is 4.74 Å². The maximum atomic E-state index is 4.54. The van der Waals surface area contributed by atoms with Gasteiger partial charge in [-0.05, 0) is 17.5 Å². The molecule has 0 saturated carbocycles. The van der Waals surface area contributed by atoms with Crippen LogP contribution in [0.5, 0.6) is 0 Å². The molecule has 90 valence electrons. The molecule has 0 saturated heterocycles. The number of hydrogen-bond donors (Lipinski definition) is 0. The van der Waals surface area contributed by atoms with Gasteiger partial charge in [-0.3, -0.25) is 0 Å². The summed E-state index contributed by atoms with van der Waals surface area (Å²) in [6.07, 6.45) is 0. The summed E-state index contributed by atoms with van der Waals surface area (Å²) < 4.78 is 4.54. The highest BCUT2D eigenvalue weighted by molar-refractivity contribution is 7.55. The predicted octanol–water partition coefficient (Wildman–Crippen LogP) is 2.97. The van der Waals surface area contributed by atoms with Gasteiger partial charge >= 0.3 is 0 Å². The first-order valence-corrected chi connectivity index (χ1v) is 6.73. The van der Waals surface area contributed by atoms with Gasteiger partial charge in [-0.2, -0.15) is 0 Å². The zero-order valence-corrected chi connectivity index (χ0v) is 11.4. The number of ether oxygens (including phenoxy) is 1. The molecular formula is C15H19OP. The fourth-order valence-electron chi connectivity index (χ4n) is 1.21. The Hall–Kier alpha value is -1.17. The zero-order valence-electron chi connectivity index (χ0n) is 10.4. The van der Waals surface area contributed by atoms with Gasteiger partial charge in [0.2, 0.25) is 0 Å². The van der Waals surface area contributed by atoms with Crippen molar-refractivity contribution in [3.05, 3.63) is 60.7 Å². The molecule has 0 aromatic heterocycles. The molecule has 0 N–H and O–H groups in total. The number of rotatable bonds is 3. The van der Waals surface area contributed by atoms with Crippen LogP contribution in [-0.4, -0.2) is 13.7 Å². The Morgan fingerprint density at radius 1 is 0.824 bits per heavy atom. The number of benzene rings is 2. The Bertz CT molecular complexity index is 347. The second kappa shape index (κ2) is 8.92. The third kappa shape index (κ3) is 6.21. The van der Waals surface area contributed by atoms with Gasteiger partial charge < -0.3 is 4.74 Å². The van der Waals surface area contributed by atoms with Gasteiger partial charge in [0.15, 0.2) is 0 Å². The second-order valence-corrected chi connectivity index (χ2v) is 4.84. The minimum Gasteiger partial charge on any atom is -0.385 e. The van der Waals surface area contributed by atoms with Crippen molar-refractivity contribution in [2.75, 3.05) is 13.7 Å². The van der Waals surface area contributed by atoms with Crippen molar-refractivity contribution in [1.29, 1.82) is 0 Å². The first kappa shape index (κ1) is 13.9. The standard InChI is InChI=1S/C12H11P.C3H8O/c1-3-7-11(8-4-1)13-12-9-5-2-6-10-12;1-3-4-2/h1-10,13H;3H2,1-2H3. The minimum absolute atomic E-state index is 0.777. The Balaban J connectivity index is 0.000000317. The molecule has 0 atom stereocenters. The van der Waals surface area contributed by atoms with E-state index in [0.717, 1.165) is 15.2 Å². The van der Waals surface area contributed by atoms with E-state index in [2.05, 4.69) is 65.4 Å². The van der Waals surface area contributed by atoms with E-state index in [1.807, 2.05) is 6.92 Å². The van der Waals surface area contributed by atoms with E-state index >= 15 is 0 Å². The minimum atomic E-state index is 0.777. The Morgan fingerprint density at radius 2 is 1.18 bits per heavy atom. The molecule has 0 aliphatic rings. The molecule has 0 aliphatic heterocycles. The molecule has 2 aromatic carbocycles. The van der Waals surface area contributed by atoms with Crippen LogP contribution in [0.4, 0.5) is 0 Å². The summed E-state index contributed by atoms with van der Waals surface area (Å²) in [5.41, 5.74) is 0. The van der Waals surface area contributed by atoms with E-state index in [0.29, 0.717) is 0 Å². The van der Waals surface area contributed by atoms with Crippen LogP contribution in [0.25, 0.3) is 0 Å². The summed E-state index contributed by atoms with van der Waals surface area (Å²) in [4.78, 5) is 0. The van der Waals surface area contributed by atoms with Gasteiger partial charge in [0.05, 0.1) is 0 Å². The molecule has 0 aliphatic carbocycles. The van der Waals surface area contributed by atoms with E-state index < -0.39 is 0 Å². The Morgan fingerprint density at radius 3 is 1.47 bits per heavy atom. The quantitative estimate of drug-likeness (QED) is 0.757. The number of methoxy groups -OCH3 is 1. The van der Waals surface area contributed by atoms with Crippen LogP contribution in [0, 0.1) is 0 Å². The SMILES string of the molecule is CCOC.c1ccc(Pc2ccccc2)cc1. The summed E-state index contributed by atoms with van der Waals surface area (Å²) in [5.74, 6) is 0. The highest BCUT2D eigenvalue weighted by Crippen LogP contribution is 2.08. The van der Waals surface area contributed by atoms with Crippen LogP contribution in [0.1, 0.15) is 6.92 Å². The van der Waals surface area contributed by atoms with E-state index in [-0.39, 0.29) is 0 Å². The van der Waals surface area contributed by atoms with Gasteiger partial charge in [-0.15, -0.1) is 0 Å². The summed E-state index contributed by atoms with van der Waals surface area (Å²) in [6, 6.07) is 21.2. The first-order chi connectivity index (χ1) is 8.36. The van der Waals surface area contributed by atoms with E-state index in [9.17, 15) is 0 Å². The van der Waals surface area contributed by atoms with Gasteiger partial charge in [0, 0.05) is 13.7 Å². The molecule has 2 heteroatoms. The van der Waals surface area contributed by atoms with Crippen LogP contribution >= 0.6 is 8.58 Å². The van der Waals surface area contributed by atoms with Crippen molar-refractivity contribution < 1.29 is 4.74 Å². The van der Waals surface area contributed by atoms with Gasteiger partial charge in [0.25, 0.3) is 0 Å². The lowest BCUT2D eigenvalue weighted by molar-refractivity contribution is 0.215. The lowest BCUT2D eigenvalue weighted by atomic mass is 10.4. The summed E-state index contributed by atoms with van der Waals surface area (Å²) in [5, 5.41) is 2.79. The van der Waals surface area contributed by atoms with Crippen LogP contribution < -0.4 is 10.6 Å². The largest absolute Gasteiger partial charge is 0.385 e. The molecular weight excluding hydrogens is 227 g/mol. The fourth-order valence-corrected chi connectivity index (χ4v) is 2.26. The average molecular weight is 246 g/mol. The van der Waals surface area contributed by atoms with Gasteiger partial charge in [-0.25, -0.2) is 0 Å². The third-order valence-electron chi connectivity index (χ3n) is 2.12. The first-order valence-electron chi connectivity index (χ1n) is 5.73. The van der Waals surface area contributed by atoms with Crippen LogP contribution in [0.15, 0.2) is 60.7 Å². The summed E-state index contributed by atoms with van der Waals surface area (Å²) in [6.45, 7) is 2.78. The molecule has 17 heavy (non-hydrogen) atoms. The van der Waals surface area contributed by atoms with E-state index in [4.69, 9.17) is 0 Å². The van der Waals surface area contributed by atoms with Crippen LogP contribution in [0.2, 0.25) is 0 Å². The normalized spacial score (nSPS) is 9.29. The maximum absolute atomic E-state index is 4.54. The fraction of sp³-hybridized carbons (Fsp3) is 0.200. The smallest absolute Gasteiger partial charge is 0.0433 e. The summed E-state index contributed by atoms with van der Waals surface area (Å²) >= 11 is 0. The van der Waals surface area contributed by atoms with Crippen LogP contribution in [0.3, 0.4) is 0 Å². The second-order valence-electron chi connectivity index (χ2n) is 3.43. The molecule has 0 radical (unpaired) electrons. The van der Waals surface area contributed by atoms with E-state index in [1.54, 1.807) is 7.11 Å². The molecule has 0 heterocycles. The molecule has 2 rings (SSSR count). The molecule has 2 aromatic rings. The van der Waals surface area contributed by atoms with Crippen molar-refractivity contribution in [3.8, 4) is 0 Å². The molecule has 0 spiro atoms.